The van der Waals surface area contributed by atoms with Crippen molar-refractivity contribution >= 4 is 11.8 Å². The van der Waals surface area contributed by atoms with Gasteiger partial charge in [-0.3, -0.25) is 9.59 Å². The molecule has 7 heteroatoms. The zero-order valence-electron chi connectivity index (χ0n) is 18.9. The lowest BCUT2D eigenvalue weighted by Gasteiger charge is -2.31. The third-order valence-corrected chi connectivity index (χ3v) is 5.72. The average Bonchev–Trinajstić information content (AvgIpc) is 3.26. The second-order valence-electron chi connectivity index (χ2n) is 8.08. The zero-order valence-corrected chi connectivity index (χ0v) is 18.9. The molecule has 32 heavy (non-hydrogen) atoms. The Balaban J connectivity index is 1.75. The Morgan fingerprint density at radius 1 is 1.03 bits per heavy atom. The first-order valence-corrected chi connectivity index (χ1v) is 11.1. The summed E-state index contributed by atoms with van der Waals surface area (Å²) in [5.74, 6) is 0.748. The van der Waals surface area contributed by atoms with Crippen LogP contribution in [0.25, 0.3) is 0 Å². The maximum absolute atomic E-state index is 13.4. The summed E-state index contributed by atoms with van der Waals surface area (Å²) < 4.78 is 24.1. The summed E-state index contributed by atoms with van der Waals surface area (Å²) in [6, 6.07) is 11.1. The van der Waals surface area contributed by atoms with E-state index in [2.05, 4.69) is 5.32 Å². The third-order valence-electron chi connectivity index (χ3n) is 5.72. The highest BCUT2D eigenvalue weighted by molar-refractivity contribution is 5.88. The molecule has 1 heterocycles. The Morgan fingerprint density at radius 3 is 2.41 bits per heavy atom. The van der Waals surface area contributed by atoms with Crippen molar-refractivity contribution in [3.63, 3.8) is 0 Å². The van der Waals surface area contributed by atoms with Crippen molar-refractivity contribution in [2.24, 2.45) is 0 Å². The molecular weight excluding hydrogens is 411 g/mol. The number of hydrogen-bond acceptors (Lipinski definition) is 4. The van der Waals surface area contributed by atoms with Crippen LogP contribution in [0.15, 0.2) is 42.5 Å². The summed E-state index contributed by atoms with van der Waals surface area (Å²) in [5.41, 5.74) is 1.74. The maximum atomic E-state index is 13.4. The van der Waals surface area contributed by atoms with Gasteiger partial charge in [0.25, 0.3) is 0 Å². The molecule has 3 rings (SSSR count). The van der Waals surface area contributed by atoms with Crippen molar-refractivity contribution in [3.8, 4) is 11.5 Å². The van der Waals surface area contributed by atoms with Gasteiger partial charge in [0.2, 0.25) is 18.6 Å². The van der Waals surface area contributed by atoms with E-state index in [1.807, 2.05) is 39.0 Å². The van der Waals surface area contributed by atoms with Crippen LogP contribution in [-0.4, -0.2) is 35.6 Å². The second-order valence-corrected chi connectivity index (χ2v) is 8.08. The van der Waals surface area contributed by atoms with Crippen LogP contribution in [0.3, 0.4) is 0 Å². The normalized spacial score (nSPS) is 14.0. The summed E-state index contributed by atoms with van der Waals surface area (Å²) in [6.45, 7) is 6.28. The molecule has 0 saturated carbocycles. The lowest BCUT2D eigenvalue weighted by atomic mass is 10.1. The molecule has 2 atom stereocenters. The van der Waals surface area contributed by atoms with Gasteiger partial charge in [-0.25, -0.2) is 4.39 Å². The van der Waals surface area contributed by atoms with Gasteiger partial charge in [0.1, 0.15) is 11.9 Å². The summed E-state index contributed by atoms with van der Waals surface area (Å²) in [7, 11) is 0. The molecule has 0 spiro atoms. The summed E-state index contributed by atoms with van der Waals surface area (Å²) in [4.78, 5) is 27.8. The topological polar surface area (TPSA) is 67.9 Å². The fraction of sp³-hybridized carbons (Fsp3) is 0.440. The molecule has 2 amide bonds. The Hall–Kier alpha value is -3.09. The Kier molecular flexibility index (Phi) is 8.09. The summed E-state index contributed by atoms with van der Waals surface area (Å²) in [5, 5.41) is 2.99. The first kappa shape index (κ1) is 23.6. The predicted molar refractivity (Wildman–Crippen MR) is 120 cm³/mol. The fourth-order valence-corrected chi connectivity index (χ4v) is 3.64. The lowest BCUT2D eigenvalue weighted by molar-refractivity contribution is -0.141. The maximum Gasteiger partial charge on any atom is 0.243 e. The highest BCUT2D eigenvalue weighted by Crippen LogP contribution is 2.32. The minimum absolute atomic E-state index is 0.0213. The van der Waals surface area contributed by atoms with Crippen molar-refractivity contribution in [1.29, 1.82) is 0 Å². The van der Waals surface area contributed by atoms with E-state index in [1.54, 1.807) is 17.0 Å². The number of carbonyl (C=O) groups excluding carboxylic acids is 2. The van der Waals surface area contributed by atoms with E-state index in [-0.39, 0.29) is 43.4 Å². The van der Waals surface area contributed by atoms with Gasteiger partial charge in [0.15, 0.2) is 11.5 Å². The molecule has 0 aliphatic carbocycles. The van der Waals surface area contributed by atoms with Crippen molar-refractivity contribution < 1.29 is 23.5 Å². The van der Waals surface area contributed by atoms with Gasteiger partial charge in [-0.15, -0.1) is 0 Å². The Bertz CT molecular complexity index is 932. The minimum Gasteiger partial charge on any atom is -0.454 e. The van der Waals surface area contributed by atoms with Crippen molar-refractivity contribution in [2.75, 3.05) is 6.79 Å². The number of halogens is 1. The SMILES string of the molecule is CC[C@H](C)NC(=O)[C@H](CC)N(Cc1ccc(F)cc1)C(=O)CCc1ccc2c(c1)OCO2. The number of amides is 2. The molecule has 1 aliphatic heterocycles. The first-order valence-electron chi connectivity index (χ1n) is 11.1. The minimum atomic E-state index is -0.599. The van der Waals surface area contributed by atoms with Gasteiger partial charge < -0.3 is 19.7 Å². The second kappa shape index (κ2) is 11.0. The molecule has 0 fully saturated rings. The molecule has 172 valence electrons. The number of hydrogen-bond donors (Lipinski definition) is 1. The molecule has 2 aromatic carbocycles. The van der Waals surface area contributed by atoms with E-state index in [0.29, 0.717) is 24.3 Å². The average molecular weight is 443 g/mol. The van der Waals surface area contributed by atoms with Crippen LogP contribution >= 0.6 is 0 Å². The number of benzene rings is 2. The predicted octanol–water partition coefficient (Wildman–Crippen LogP) is 4.21. The van der Waals surface area contributed by atoms with Gasteiger partial charge in [-0.2, -0.15) is 0 Å². The first-order chi connectivity index (χ1) is 15.4. The van der Waals surface area contributed by atoms with Crippen LogP contribution in [0.1, 0.15) is 51.2 Å². The van der Waals surface area contributed by atoms with E-state index in [9.17, 15) is 14.0 Å². The smallest absolute Gasteiger partial charge is 0.243 e. The van der Waals surface area contributed by atoms with Crippen molar-refractivity contribution in [1.82, 2.24) is 10.2 Å². The van der Waals surface area contributed by atoms with E-state index in [1.165, 1.54) is 12.1 Å². The third kappa shape index (κ3) is 5.99. The number of aryl methyl sites for hydroxylation is 1. The molecule has 0 saturated heterocycles. The van der Waals surface area contributed by atoms with Crippen LogP contribution in [0.5, 0.6) is 11.5 Å². The van der Waals surface area contributed by atoms with Crippen molar-refractivity contribution in [2.45, 2.75) is 65.1 Å². The number of rotatable bonds is 10. The molecule has 0 aromatic heterocycles. The van der Waals surface area contributed by atoms with E-state index < -0.39 is 6.04 Å². The molecule has 2 aromatic rings. The quantitative estimate of drug-likeness (QED) is 0.599. The number of nitrogens with one attached hydrogen (secondary N) is 1. The molecule has 0 unspecified atom stereocenters. The highest BCUT2D eigenvalue weighted by Gasteiger charge is 2.29. The van der Waals surface area contributed by atoms with Gasteiger partial charge in [0, 0.05) is 19.0 Å². The molecule has 1 aliphatic rings. The van der Waals surface area contributed by atoms with Crippen LogP contribution in [0.4, 0.5) is 4.39 Å². The number of fused-ring (bicyclic) bond motifs is 1. The Labute approximate surface area is 188 Å². The van der Waals surface area contributed by atoms with Crippen LogP contribution in [0.2, 0.25) is 0 Å². The molecule has 1 N–H and O–H groups in total. The molecule has 6 nitrogen and oxygen atoms in total. The van der Waals surface area contributed by atoms with Gasteiger partial charge >= 0.3 is 0 Å². The summed E-state index contributed by atoms with van der Waals surface area (Å²) >= 11 is 0. The lowest BCUT2D eigenvalue weighted by Crippen LogP contribution is -2.50. The van der Waals surface area contributed by atoms with E-state index >= 15 is 0 Å². The standard InChI is InChI=1S/C25H31FN2O4/c1-4-17(3)27-25(30)21(5-2)28(15-19-6-10-20(26)11-7-19)24(29)13-9-18-8-12-22-23(14-18)32-16-31-22/h6-8,10-12,14,17,21H,4-5,9,13,15-16H2,1-3H3,(H,27,30)/t17-,21-/m0/s1. The summed E-state index contributed by atoms with van der Waals surface area (Å²) in [6.07, 6.45) is 2.05. The van der Waals surface area contributed by atoms with E-state index in [4.69, 9.17) is 9.47 Å². The zero-order chi connectivity index (χ0) is 23.1. The number of ether oxygens (including phenoxy) is 2. The number of nitrogens with zero attached hydrogens (tertiary/aromatic N) is 1. The fourth-order valence-electron chi connectivity index (χ4n) is 3.64. The monoisotopic (exact) mass is 442 g/mol. The van der Waals surface area contributed by atoms with Gasteiger partial charge in [-0.1, -0.05) is 32.0 Å². The molecule has 0 radical (unpaired) electrons. The van der Waals surface area contributed by atoms with Crippen molar-refractivity contribution in [3.05, 3.63) is 59.4 Å². The molecule has 0 bridgehead atoms. The van der Waals surface area contributed by atoms with Crippen LogP contribution in [0, 0.1) is 5.82 Å². The van der Waals surface area contributed by atoms with Gasteiger partial charge in [0.05, 0.1) is 0 Å². The highest BCUT2D eigenvalue weighted by atomic mass is 19.1. The largest absolute Gasteiger partial charge is 0.454 e. The van der Waals surface area contributed by atoms with Crippen LogP contribution < -0.4 is 14.8 Å². The van der Waals surface area contributed by atoms with E-state index in [0.717, 1.165) is 17.5 Å². The Morgan fingerprint density at radius 2 is 1.72 bits per heavy atom. The number of carbonyl (C=O) groups is 2. The molecular formula is C25H31FN2O4. The van der Waals surface area contributed by atoms with Gasteiger partial charge in [-0.05, 0) is 61.6 Å². The van der Waals surface area contributed by atoms with Crippen LogP contribution in [-0.2, 0) is 22.6 Å².